The third-order valence-corrected chi connectivity index (χ3v) is 2.96. The first-order valence-electron chi connectivity index (χ1n) is 6.46. The van der Waals surface area contributed by atoms with Gasteiger partial charge in [0.2, 0.25) is 0 Å². The first-order valence-corrected chi connectivity index (χ1v) is 6.46. The third kappa shape index (κ3) is 3.51. The highest BCUT2D eigenvalue weighted by molar-refractivity contribution is 5.30. The Hall–Kier alpha value is -1.94. The van der Waals surface area contributed by atoms with Crippen molar-refractivity contribution in [3.05, 3.63) is 54.1 Å². The Kier molecular flexibility index (Phi) is 4.86. The average molecular weight is 257 g/mol. The molecule has 2 heterocycles. The highest BCUT2D eigenvalue weighted by Crippen LogP contribution is 2.24. The molecule has 1 atom stereocenters. The molecule has 2 rings (SSSR count). The molecular formula is C15H19N3O. The summed E-state index contributed by atoms with van der Waals surface area (Å²) in [5.74, 6) is 0.817. The lowest BCUT2D eigenvalue weighted by Crippen LogP contribution is -2.24. The average Bonchev–Trinajstić information content (AvgIpc) is 2.48. The number of hydrogen-bond acceptors (Lipinski definition) is 4. The van der Waals surface area contributed by atoms with Crippen molar-refractivity contribution in [1.82, 2.24) is 15.3 Å². The summed E-state index contributed by atoms with van der Waals surface area (Å²) in [5, 5.41) is 3.45. The number of ether oxygens (including phenoxy) is 1. The Balaban J connectivity index is 2.24. The van der Waals surface area contributed by atoms with E-state index in [1.807, 2.05) is 24.4 Å². The second-order valence-corrected chi connectivity index (χ2v) is 4.27. The van der Waals surface area contributed by atoms with Crippen LogP contribution in [-0.2, 0) is 6.42 Å². The third-order valence-electron chi connectivity index (χ3n) is 2.96. The van der Waals surface area contributed by atoms with Gasteiger partial charge in [0, 0.05) is 18.6 Å². The van der Waals surface area contributed by atoms with Crippen molar-refractivity contribution >= 4 is 0 Å². The van der Waals surface area contributed by atoms with Crippen LogP contribution in [0.15, 0.2) is 42.9 Å². The van der Waals surface area contributed by atoms with Gasteiger partial charge in [0.25, 0.3) is 0 Å². The lowest BCUT2D eigenvalue weighted by atomic mass is 10.0. The van der Waals surface area contributed by atoms with E-state index in [2.05, 4.69) is 28.3 Å². The first-order chi connectivity index (χ1) is 9.35. The van der Waals surface area contributed by atoms with Crippen LogP contribution in [-0.4, -0.2) is 23.6 Å². The Bertz CT molecular complexity index is 502. The molecule has 0 radical (unpaired) electrons. The van der Waals surface area contributed by atoms with Gasteiger partial charge in [-0.05, 0) is 36.7 Å². The SMILES string of the molecule is CCNC(Cc1cccnc1)c1ncccc1OC. The number of nitrogens with zero attached hydrogens (tertiary/aromatic N) is 2. The van der Waals surface area contributed by atoms with Gasteiger partial charge in [-0.2, -0.15) is 0 Å². The molecule has 0 aliphatic carbocycles. The maximum absolute atomic E-state index is 5.39. The van der Waals surface area contributed by atoms with Crippen LogP contribution in [0.5, 0.6) is 5.75 Å². The fourth-order valence-electron chi connectivity index (χ4n) is 2.10. The fourth-order valence-corrected chi connectivity index (χ4v) is 2.10. The van der Waals surface area contributed by atoms with E-state index in [0.717, 1.165) is 24.4 Å². The normalized spacial score (nSPS) is 12.1. The van der Waals surface area contributed by atoms with Crippen molar-refractivity contribution in [2.24, 2.45) is 0 Å². The monoisotopic (exact) mass is 257 g/mol. The minimum atomic E-state index is 0.130. The molecule has 0 saturated heterocycles. The predicted octanol–water partition coefficient (Wildman–Crippen LogP) is 2.38. The smallest absolute Gasteiger partial charge is 0.141 e. The molecule has 0 saturated carbocycles. The quantitative estimate of drug-likeness (QED) is 0.863. The Morgan fingerprint density at radius 2 is 2.11 bits per heavy atom. The van der Waals surface area contributed by atoms with E-state index in [1.54, 1.807) is 19.5 Å². The van der Waals surface area contributed by atoms with E-state index >= 15 is 0 Å². The van der Waals surface area contributed by atoms with E-state index in [-0.39, 0.29) is 6.04 Å². The lowest BCUT2D eigenvalue weighted by molar-refractivity contribution is 0.394. The Morgan fingerprint density at radius 1 is 1.26 bits per heavy atom. The number of aromatic nitrogens is 2. The van der Waals surface area contributed by atoms with Crippen molar-refractivity contribution in [1.29, 1.82) is 0 Å². The van der Waals surface area contributed by atoms with Crippen molar-refractivity contribution in [3.63, 3.8) is 0 Å². The molecule has 0 amide bonds. The zero-order valence-corrected chi connectivity index (χ0v) is 11.3. The van der Waals surface area contributed by atoms with Gasteiger partial charge in [-0.25, -0.2) is 0 Å². The fraction of sp³-hybridized carbons (Fsp3) is 0.333. The number of hydrogen-bond donors (Lipinski definition) is 1. The minimum absolute atomic E-state index is 0.130. The van der Waals surface area contributed by atoms with Crippen LogP contribution in [0.3, 0.4) is 0 Å². The molecule has 0 aromatic carbocycles. The van der Waals surface area contributed by atoms with E-state index in [4.69, 9.17) is 4.74 Å². The van der Waals surface area contributed by atoms with Crippen LogP contribution in [0, 0.1) is 0 Å². The molecule has 0 fully saturated rings. The van der Waals surface area contributed by atoms with Gasteiger partial charge in [-0.1, -0.05) is 13.0 Å². The second-order valence-electron chi connectivity index (χ2n) is 4.27. The van der Waals surface area contributed by atoms with Crippen molar-refractivity contribution in [2.75, 3.05) is 13.7 Å². The van der Waals surface area contributed by atoms with Crippen LogP contribution in [0.4, 0.5) is 0 Å². The summed E-state index contributed by atoms with van der Waals surface area (Å²) in [4.78, 5) is 8.61. The van der Waals surface area contributed by atoms with Crippen LogP contribution < -0.4 is 10.1 Å². The largest absolute Gasteiger partial charge is 0.495 e. The predicted molar refractivity (Wildman–Crippen MR) is 75.1 cm³/mol. The molecule has 0 bridgehead atoms. The standard InChI is InChI=1S/C15H19N3O/c1-3-17-13(10-12-6-4-8-16-11-12)15-14(19-2)7-5-9-18-15/h4-9,11,13,17H,3,10H2,1-2H3. The van der Waals surface area contributed by atoms with Crippen LogP contribution >= 0.6 is 0 Å². The molecule has 100 valence electrons. The summed E-state index contributed by atoms with van der Waals surface area (Å²) < 4.78 is 5.39. The van der Waals surface area contributed by atoms with Crippen molar-refractivity contribution in [3.8, 4) is 5.75 Å². The van der Waals surface area contributed by atoms with Gasteiger partial charge in [0.1, 0.15) is 5.75 Å². The van der Waals surface area contributed by atoms with Gasteiger partial charge in [-0.3, -0.25) is 9.97 Å². The second kappa shape index (κ2) is 6.85. The summed E-state index contributed by atoms with van der Waals surface area (Å²) >= 11 is 0. The van der Waals surface area contributed by atoms with Crippen molar-refractivity contribution in [2.45, 2.75) is 19.4 Å². The highest BCUT2D eigenvalue weighted by atomic mass is 16.5. The van der Waals surface area contributed by atoms with E-state index in [0.29, 0.717) is 0 Å². The van der Waals surface area contributed by atoms with E-state index in [9.17, 15) is 0 Å². The molecule has 0 aliphatic rings. The molecule has 2 aromatic heterocycles. The number of likely N-dealkylation sites (N-methyl/N-ethyl adjacent to an activating group) is 1. The van der Waals surface area contributed by atoms with Gasteiger partial charge < -0.3 is 10.1 Å². The molecule has 0 aliphatic heterocycles. The Labute approximate surface area is 113 Å². The van der Waals surface area contributed by atoms with Crippen LogP contribution in [0.25, 0.3) is 0 Å². The molecule has 1 N–H and O–H groups in total. The summed E-state index contributed by atoms with van der Waals surface area (Å²) in [6, 6.07) is 7.98. The highest BCUT2D eigenvalue weighted by Gasteiger charge is 2.17. The van der Waals surface area contributed by atoms with E-state index < -0.39 is 0 Å². The molecule has 19 heavy (non-hydrogen) atoms. The molecule has 4 heteroatoms. The Morgan fingerprint density at radius 3 is 2.79 bits per heavy atom. The summed E-state index contributed by atoms with van der Waals surface area (Å²) in [6.07, 6.45) is 6.31. The minimum Gasteiger partial charge on any atom is -0.495 e. The molecule has 4 nitrogen and oxygen atoms in total. The number of rotatable bonds is 6. The summed E-state index contributed by atoms with van der Waals surface area (Å²) in [5.41, 5.74) is 2.12. The number of pyridine rings is 2. The molecule has 1 unspecified atom stereocenters. The number of methoxy groups -OCH3 is 1. The zero-order chi connectivity index (χ0) is 13.5. The van der Waals surface area contributed by atoms with Crippen LogP contribution in [0.2, 0.25) is 0 Å². The van der Waals surface area contributed by atoms with Gasteiger partial charge >= 0.3 is 0 Å². The number of nitrogens with one attached hydrogen (secondary N) is 1. The van der Waals surface area contributed by atoms with Gasteiger partial charge in [0.15, 0.2) is 0 Å². The molecule has 2 aromatic rings. The van der Waals surface area contributed by atoms with Gasteiger partial charge in [0.05, 0.1) is 18.8 Å². The summed E-state index contributed by atoms with van der Waals surface area (Å²) in [6.45, 7) is 2.97. The topological polar surface area (TPSA) is 47.0 Å². The maximum Gasteiger partial charge on any atom is 0.141 e. The van der Waals surface area contributed by atoms with Gasteiger partial charge in [-0.15, -0.1) is 0 Å². The lowest BCUT2D eigenvalue weighted by Gasteiger charge is -2.19. The van der Waals surface area contributed by atoms with Crippen LogP contribution in [0.1, 0.15) is 24.2 Å². The van der Waals surface area contributed by atoms with E-state index in [1.165, 1.54) is 5.56 Å². The molecular weight excluding hydrogens is 238 g/mol. The zero-order valence-electron chi connectivity index (χ0n) is 11.3. The maximum atomic E-state index is 5.39. The summed E-state index contributed by atoms with van der Waals surface area (Å²) in [7, 11) is 1.67. The van der Waals surface area contributed by atoms with Crippen molar-refractivity contribution < 1.29 is 4.74 Å². The first kappa shape index (κ1) is 13.5. The molecule has 0 spiro atoms.